The van der Waals surface area contributed by atoms with Crippen molar-refractivity contribution < 1.29 is 13.7 Å². The summed E-state index contributed by atoms with van der Waals surface area (Å²) in [6.07, 6.45) is 1.79. The van der Waals surface area contributed by atoms with Gasteiger partial charge in [-0.1, -0.05) is 11.2 Å². The van der Waals surface area contributed by atoms with E-state index < -0.39 is 0 Å². The molecule has 30 heavy (non-hydrogen) atoms. The molecule has 4 rings (SSSR count). The average molecular weight is 408 g/mol. The molecule has 0 saturated carbocycles. The van der Waals surface area contributed by atoms with Crippen LogP contribution in [0.1, 0.15) is 29.9 Å². The molecule has 3 aromatic rings. The minimum atomic E-state index is -0.305. The average Bonchev–Trinajstić information content (AvgIpc) is 3.16. The van der Waals surface area contributed by atoms with E-state index in [1.165, 1.54) is 12.1 Å². The number of rotatable bonds is 5. The van der Waals surface area contributed by atoms with Crippen LogP contribution in [0.2, 0.25) is 0 Å². The Hall–Kier alpha value is -3.06. The molecular weight excluding hydrogens is 383 g/mol. The molecule has 0 radical (unpaired) electrons. The third kappa shape index (κ3) is 4.91. The Morgan fingerprint density at radius 3 is 2.67 bits per heavy atom. The van der Waals surface area contributed by atoms with Crippen molar-refractivity contribution >= 4 is 11.6 Å². The summed E-state index contributed by atoms with van der Waals surface area (Å²) in [6.45, 7) is 6.05. The second-order valence-corrected chi connectivity index (χ2v) is 7.96. The highest BCUT2D eigenvalue weighted by Gasteiger charge is 2.27. The number of nitrogens with one attached hydrogen (secondary N) is 1. The number of halogens is 1. The third-order valence-electron chi connectivity index (χ3n) is 5.29. The van der Waals surface area contributed by atoms with Crippen LogP contribution in [0.5, 0.6) is 0 Å². The highest BCUT2D eigenvalue weighted by atomic mass is 19.1. The molecule has 0 aliphatic carbocycles. The molecule has 2 heterocycles. The van der Waals surface area contributed by atoms with E-state index in [-0.39, 0.29) is 17.6 Å². The van der Waals surface area contributed by atoms with Crippen LogP contribution in [0.25, 0.3) is 11.4 Å². The number of piperidine rings is 1. The number of carbonyl (C=O) groups is 1. The maximum atomic E-state index is 13.1. The van der Waals surface area contributed by atoms with Gasteiger partial charge in [-0.15, -0.1) is 0 Å². The Bertz CT molecular complexity index is 1010. The standard InChI is InChI=1S/C23H25FN4O2/c1-15-10-16(2)12-20(11-15)25-23(29)18-4-3-9-28(13-18)14-21-26-22(27-30-21)17-5-7-19(24)8-6-17/h5-8,10-12,18H,3-4,9,13-14H2,1-2H3,(H,25,29). The Kier molecular flexibility index (Phi) is 5.90. The van der Waals surface area contributed by atoms with Gasteiger partial charge in [0.05, 0.1) is 12.5 Å². The first kappa shape index (κ1) is 20.2. The summed E-state index contributed by atoms with van der Waals surface area (Å²) in [4.78, 5) is 19.4. The van der Waals surface area contributed by atoms with Gasteiger partial charge < -0.3 is 9.84 Å². The Balaban J connectivity index is 1.37. The monoisotopic (exact) mass is 408 g/mol. The third-order valence-corrected chi connectivity index (χ3v) is 5.29. The fraction of sp³-hybridized carbons (Fsp3) is 0.348. The summed E-state index contributed by atoms with van der Waals surface area (Å²) in [5.74, 6) is 0.582. The van der Waals surface area contributed by atoms with E-state index in [0.29, 0.717) is 30.4 Å². The number of nitrogens with zero attached hydrogens (tertiary/aromatic N) is 3. The summed E-state index contributed by atoms with van der Waals surface area (Å²) in [5.41, 5.74) is 3.80. The number of hydrogen-bond acceptors (Lipinski definition) is 5. The highest BCUT2D eigenvalue weighted by Crippen LogP contribution is 2.22. The zero-order chi connectivity index (χ0) is 21.1. The van der Waals surface area contributed by atoms with Crippen LogP contribution < -0.4 is 5.32 Å². The lowest BCUT2D eigenvalue weighted by atomic mass is 9.97. The zero-order valence-corrected chi connectivity index (χ0v) is 17.2. The van der Waals surface area contributed by atoms with Crippen LogP contribution in [-0.4, -0.2) is 34.0 Å². The zero-order valence-electron chi connectivity index (χ0n) is 17.2. The summed E-state index contributed by atoms with van der Waals surface area (Å²) in [6, 6.07) is 12.0. The van der Waals surface area contributed by atoms with Gasteiger partial charge in [0.25, 0.3) is 0 Å². The number of hydrogen-bond donors (Lipinski definition) is 1. The summed E-state index contributed by atoms with van der Waals surface area (Å²) < 4.78 is 18.5. The van der Waals surface area contributed by atoms with Crippen molar-refractivity contribution in [1.82, 2.24) is 15.0 Å². The number of anilines is 1. The fourth-order valence-electron chi connectivity index (χ4n) is 3.93. The number of benzene rings is 2. The second-order valence-electron chi connectivity index (χ2n) is 7.96. The molecule has 1 unspecified atom stereocenters. The van der Waals surface area contributed by atoms with Gasteiger partial charge in [0, 0.05) is 17.8 Å². The van der Waals surface area contributed by atoms with Crippen molar-refractivity contribution in [3.05, 3.63) is 65.3 Å². The minimum absolute atomic E-state index is 0.0437. The van der Waals surface area contributed by atoms with Gasteiger partial charge in [-0.25, -0.2) is 4.39 Å². The van der Waals surface area contributed by atoms with E-state index >= 15 is 0 Å². The van der Waals surface area contributed by atoms with Gasteiger partial charge in [-0.2, -0.15) is 4.98 Å². The van der Waals surface area contributed by atoms with Crippen molar-refractivity contribution in [3.63, 3.8) is 0 Å². The van der Waals surface area contributed by atoms with E-state index in [9.17, 15) is 9.18 Å². The van der Waals surface area contributed by atoms with Gasteiger partial charge >= 0.3 is 0 Å². The topological polar surface area (TPSA) is 71.3 Å². The van der Waals surface area contributed by atoms with Crippen molar-refractivity contribution in [2.75, 3.05) is 18.4 Å². The molecule has 1 N–H and O–H groups in total. The van der Waals surface area contributed by atoms with Gasteiger partial charge in [0.2, 0.25) is 17.6 Å². The maximum Gasteiger partial charge on any atom is 0.241 e. The van der Waals surface area contributed by atoms with Gasteiger partial charge in [-0.3, -0.25) is 9.69 Å². The predicted octanol–water partition coefficient (Wildman–Crippen LogP) is 4.34. The number of aromatic nitrogens is 2. The van der Waals surface area contributed by atoms with E-state index in [2.05, 4.69) is 26.4 Å². The van der Waals surface area contributed by atoms with E-state index in [0.717, 1.165) is 36.2 Å². The molecule has 7 heteroatoms. The molecule has 156 valence electrons. The normalized spacial score (nSPS) is 17.1. The first-order valence-corrected chi connectivity index (χ1v) is 10.2. The number of aryl methyl sites for hydroxylation is 2. The van der Waals surface area contributed by atoms with Gasteiger partial charge in [-0.05, 0) is 80.8 Å². The molecule has 1 saturated heterocycles. The van der Waals surface area contributed by atoms with Crippen molar-refractivity contribution in [3.8, 4) is 11.4 Å². The molecule has 0 bridgehead atoms. The summed E-state index contributed by atoms with van der Waals surface area (Å²) in [7, 11) is 0. The molecule has 2 aromatic carbocycles. The largest absolute Gasteiger partial charge is 0.338 e. The SMILES string of the molecule is Cc1cc(C)cc(NC(=O)C2CCCN(Cc3nc(-c4ccc(F)cc4)no3)C2)c1. The molecule has 1 aliphatic rings. The van der Waals surface area contributed by atoms with Crippen LogP contribution in [0.15, 0.2) is 47.0 Å². The predicted molar refractivity (Wildman–Crippen MR) is 112 cm³/mol. The second kappa shape index (κ2) is 8.75. The van der Waals surface area contributed by atoms with E-state index in [1.54, 1.807) is 12.1 Å². The maximum absolute atomic E-state index is 13.1. The quantitative estimate of drug-likeness (QED) is 0.680. The highest BCUT2D eigenvalue weighted by molar-refractivity contribution is 5.92. The lowest BCUT2D eigenvalue weighted by molar-refractivity contribution is -0.121. The number of likely N-dealkylation sites (tertiary alicyclic amines) is 1. The molecule has 6 nitrogen and oxygen atoms in total. The number of amides is 1. The molecular formula is C23H25FN4O2. The van der Waals surface area contributed by atoms with Crippen LogP contribution in [0.4, 0.5) is 10.1 Å². The molecule has 0 spiro atoms. The number of carbonyl (C=O) groups excluding carboxylic acids is 1. The molecule has 1 atom stereocenters. The smallest absolute Gasteiger partial charge is 0.241 e. The van der Waals surface area contributed by atoms with Crippen LogP contribution in [-0.2, 0) is 11.3 Å². The first-order chi connectivity index (χ1) is 14.5. The van der Waals surface area contributed by atoms with Crippen LogP contribution in [0.3, 0.4) is 0 Å². The van der Waals surface area contributed by atoms with Crippen LogP contribution in [0, 0.1) is 25.6 Å². The van der Waals surface area contributed by atoms with Crippen LogP contribution >= 0.6 is 0 Å². The van der Waals surface area contributed by atoms with Crippen molar-refractivity contribution in [2.24, 2.45) is 5.92 Å². The molecule has 1 aromatic heterocycles. The lowest BCUT2D eigenvalue weighted by Crippen LogP contribution is -2.40. The minimum Gasteiger partial charge on any atom is -0.338 e. The lowest BCUT2D eigenvalue weighted by Gasteiger charge is -2.30. The Morgan fingerprint density at radius 2 is 1.93 bits per heavy atom. The van der Waals surface area contributed by atoms with Crippen molar-refractivity contribution in [1.29, 1.82) is 0 Å². The first-order valence-electron chi connectivity index (χ1n) is 10.2. The summed E-state index contributed by atoms with van der Waals surface area (Å²) in [5, 5.41) is 7.05. The van der Waals surface area contributed by atoms with Gasteiger partial charge in [0.1, 0.15) is 5.82 Å². The molecule has 1 fully saturated rings. The molecule has 1 aliphatic heterocycles. The Morgan fingerprint density at radius 1 is 1.20 bits per heavy atom. The van der Waals surface area contributed by atoms with Gasteiger partial charge in [0.15, 0.2) is 0 Å². The van der Waals surface area contributed by atoms with E-state index in [1.807, 2.05) is 26.0 Å². The van der Waals surface area contributed by atoms with E-state index in [4.69, 9.17) is 4.52 Å². The fourth-order valence-corrected chi connectivity index (χ4v) is 3.93. The van der Waals surface area contributed by atoms with Crippen molar-refractivity contribution in [2.45, 2.75) is 33.2 Å². The summed E-state index contributed by atoms with van der Waals surface area (Å²) >= 11 is 0. The Labute approximate surface area is 175 Å². The molecule has 1 amide bonds.